The topological polar surface area (TPSA) is 20.2 Å². The molecule has 1 nitrogen and oxygen atoms in total. The van der Waals surface area contributed by atoms with E-state index in [4.69, 9.17) is 0 Å². The molecule has 1 aliphatic carbocycles. The molecule has 0 aromatic heterocycles. The van der Waals surface area contributed by atoms with E-state index in [9.17, 15) is 5.11 Å². The van der Waals surface area contributed by atoms with Crippen LogP contribution < -0.4 is 0 Å². The number of fused-ring (bicyclic) bond motifs is 1. The molecule has 2 heteroatoms. The summed E-state index contributed by atoms with van der Waals surface area (Å²) in [4.78, 5) is 0.229. The Balaban J connectivity index is 2.34. The minimum atomic E-state index is -0.222. The van der Waals surface area contributed by atoms with Crippen molar-refractivity contribution in [3.63, 3.8) is 0 Å². The molecule has 1 N–H and O–H groups in total. The Morgan fingerprint density at radius 1 is 1.17 bits per heavy atom. The molecular formula is C10H11BrO. The van der Waals surface area contributed by atoms with Crippen molar-refractivity contribution in [2.75, 3.05) is 0 Å². The first-order valence-electron chi connectivity index (χ1n) is 4.16. The van der Waals surface area contributed by atoms with Gasteiger partial charge >= 0.3 is 0 Å². The van der Waals surface area contributed by atoms with E-state index in [1.807, 2.05) is 6.07 Å². The fourth-order valence-electron chi connectivity index (χ4n) is 1.66. The Bertz CT molecular complexity index is 256. The van der Waals surface area contributed by atoms with E-state index < -0.39 is 0 Å². The van der Waals surface area contributed by atoms with Crippen molar-refractivity contribution in [2.45, 2.75) is 23.8 Å². The molecule has 1 aliphatic rings. The van der Waals surface area contributed by atoms with Crippen molar-refractivity contribution in [2.24, 2.45) is 0 Å². The highest BCUT2D eigenvalue weighted by Crippen LogP contribution is 2.25. The van der Waals surface area contributed by atoms with Gasteiger partial charge in [-0.05, 0) is 24.0 Å². The molecule has 64 valence electrons. The van der Waals surface area contributed by atoms with Gasteiger partial charge in [0.1, 0.15) is 0 Å². The molecule has 0 saturated heterocycles. The minimum absolute atomic E-state index is 0.222. The van der Waals surface area contributed by atoms with Crippen LogP contribution in [-0.2, 0) is 12.8 Å². The van der Waals surface area contributed by atoms with Crippen LogP contribution >= 0.6 is 15.9 Å². The highest BCUT2D eigenvalue weighted by Gasteiger charge is 2.23. The number of benzene rings is 1. The molecule has 0 radical (unpaired) electrons. The highest BCUT2D eigenvalue weighted by molar-refractivity contribution is 9.09. The number of aliphatic hydroxyl groups is 1. The number of hydrogen-bond donors (Lipinski definition) is 1. The number of hydrogen-bond acceptors (Lipinski definition) is 1. The van der Waals surface area contributed by atoms with Crippen LogP contribution in [0.5, 0.6) is 0 Å². The van der Waals surface area contributed by atoms with E-state index in [0.717, 1.165) is 12.8 Å². The van der Waals surface area contributed by atoms with Crippen molar-refractivity contribution in [1.29, 1.82) is 0 Å². The molecule has 0 saturated carbocycles. The molecule has 0 heterocycles. The first kappa shape index (κ1) is 8.27. The maximum Gasteiger partial charge on any atom is 0.0708 e. The molecule has 0 fully saturated rings. The van der Waals surface area contributed by atoms with Crippen LogP contribution in [0.25, 0.3) is 0 Å². The summed E-state index contributed by atoms with van der Waals surface area (Å²) in [6, 6.07) is 8.31. The summed E-state index contributed by atoms with van der Waals surface area (Å²) in [5.41, 5.74) is 2.66. The average Bonchev–Trinajstić information content (AvgIpc) is 2.07. The summed E-state index contributed by atoms with van der Waals surface area (Å²) in [7, 11) is 0. The molecular weight excluding hydrogens is 216 g/mol. The van der Waals surface area contributed by atoms with Gasteiger partial charge in [0.2, 0.25) is 0 Å². The van der Waals surface area contributed by atoms with Crippen LogP contribution in [0.4, 0.5) is 0 Å². The van der Waals surface area contributed by atoms with Crippen molar-refractivity contribution in [3.8, 4) is 0 Å². The van der Waals surface area contributed by atoms with Crippen LogP contribution in [0, 0.1) is 0 Å². The third-order valence-corrected chi connectivity index (χ3v) is 3.31. The van der Waals surface area contributed by atoms with E-state index in [2.05, 4.69) is 34.1 Å². The molecule has 0 amide bonds. The fourth-order valence-corrected chi connectivity index (χ4v) is 2.19. The lowest BCUT2D eigenvalue weighted by Gasteiger charge is -2.25. The van der Waals surface area contributed by atoms with E-state index in [-0.39, 0.29) is 10.9 Å². The van der Waals surface area contributed by atoms with Gasteiger partial charge in [0.05, 0.1) is 6.10 Å². The van der Waals surface area contributed by atoms with Gasteiger partial charge in [0, 0.05) is 4.83 Å². The minimum Gasteiger partial charge on any atom is -0.392 e. The number of halogens is 1. The Labute approximate surface area is 80.5 Å². The summed E-state index contributed by atoms with van der Waals surface area (Å²) in [5.74, 6) is 0. The SMILES string of the molecule is OC1Cc2ccccc2CC1Br. The third-order valence-electron chi connectivity index (χ3n) is 2.38. The number of rotatable bonds is 0. The number of alkyl halides is 1. The van der Waals surface area contributed by atoms with E-state index in [0.29, 0.717) is 0 Å². The zero-order chi connectivity index (χ0) is 8.55. The molecule has 0 bridgehead atoms. The lowest BCUT2D eigenvalue weighted by Crippen LogP contribution is -2.30. The van der Waals surface area contributed by atoms with E-state index >= 15 is 0 Å². The maximum absolute atomic E-state index is 9.58. The van der Waals surface area contributed by atoms with Gasteiger partial charge in [-0.1, -0.05) is 40.2 Å². The quantitative estimate of drug-likeness (QED) is 0.671. The van der Waals surface area contributed by atoms with Crippen LogP contribution in [0.15, 0.2) is 24.3 Å². The third kappa shape index (κ3) is 1.41. The van der Waals surface area contributed by atoms with Gasteiger partial charge in [-0.2, -0.15) is 0 Å². The molecule has 0 aliphatic heterocycles. The van der Waals surface area contributed by atoms with Crippen molar-refractivity contribution >= 4 is 15.9 Å². The van der Waals surface area contributed by atoms with Crippen molar-refractivity contribution in [3.05, 3.63) is 35.4 Å². The predicted molar refractivity (Wildman–Crippen MR) is 52.6 cm³/mol. The van der Waals surface area contributed by atoms with Crippen LogP contribution in [0.1, 0.15) is 11.1 Å². The maximum atomic E-state index is 9.58. The Kier molecular flexibility index (Phi) is 2.20. The van der Waals surface area contributed by atoms with E-state index in [1.165, 1.54) is 11.1 Å². The highest BCUT2D eigenvalue weighted by atomic mass is 79.9. The van der Waals surface area contributed by atoms with E-state index in [1.54, 1.807) is 0 Å². The molecule has 1 aromatic carbocycles. The second-order valence-electron chi connectivity index (χ2n) is 3.26. The Morgan fingerprint density at radius 3 is 2.42 bits per heavy atom. The van der Waals surface area contributed by atoms with Crippen LogP contribution in [0.3, 0.4) is 0 Å². The first-order valence-corrected chi connectivity index (χ1v) is 5.08. The summed E-state index contributed by atoms with van der Waals surface area (Å²) < 4.78 is 0. The fraction of sp³-hybridized carbons (Fsp3) is 0.400. The smallest absolute Gasteiger partial charge is 0.0708 e. The van der Waals surface area contributed by atoms with Gasteiger partial charge in [0.15, 0.2) is 0 Å². The van der Waals surface area contributed by atoms with Crippen LogP contribution in [-0.4, -0.2) is 16.0 Å². The van der Waals surface area contributed by atoms with Gasteiger partial charge in [-0.25, -0.2) is 0 Å². The molecule has 0 spiro atoms. The average molecular weight is 227 g/mol. The van der Waals surface area contributed by atoms with Crippen LogP contribution in [0.2, 0.25) is 0 Å². The monoisotopic (exact) mass is 226 g/mol. The van der Waals surface area contributed by atoms with Gasteiger partial charge < -0.3 is 5.11 Å². The molecule has 12 heavy (non-hydrogen) atoms. The molecule has 1 aromatic rings. The van der Waals surface area contributed by atoms with Gasteiger partial charge in [-0.3, -0.25) is 0 Å². The second-order valence-corrected chi connectivity index (χ2v) is 4.44. The largest absolute Gasteiger partial charge is 0.392 e. The summed E-state index contributed by atoms with van der Waals surface area (Å²) in [6.45, 7) is 0. The number of aliphatic hydroxyl groups excluding tert-OH is 1. The Morgan fingerprint density at radius 2 is 1.75 bits per heavy atom. The summed E-state index contributed by atoms with van der Waals surface area (Å²) >= 11 is 3.47. The zero-order valence-corrected chi connectivity index (χ0v) is 8.29. The molecule has 2 rings (SSSR count). The van der Waals surface area contributed by atoms with Gasteiger partial charge in [0.25, 0.3) is 0 Å². The lowest BCUT2D eigenvalue weighted by atomic mass is 9.90. The predicted octanol–water partition coefficient (Wildman–Crippen LogP) is 1.91. The Hall–Kier alpha value is -0.340. The normalized spacial score (nSPS) is 28.2. The van der Waals surface area contributed by atoms with Crippen molar-refractivity contribution < 1.29 is 5.11 Å². The standard InChI is InChI=1S/C10H11BrO/c11-9-5-7-3-1-2-4-8(7)6-10(9)12/h1-4,9-10,12H,5-6H2. The second kappa shape index (κ2) is 3.19. The molecule has 2 atom stereocenters. The van der Waals surface area contributed by atoms with Gasteiger partial charge in [-0.15, -0.1) is 0 Å². The lowest BCUT2D eigenvalue weighted by molar-refractivity contribution is 0.167. The first-order chi connectivity index (χ1) is 5.77. The zero-order valence-electron chi connectivity index (χ0n) is 6.70. The molecule has 2 unspecified atom stereocenters. The van der Waals surface area contributed by atoms with Crippen molar-refractivity contribution in [1.82, 2.24) is 0 Å². The summed E-state index contributed by atoms with van der Waals surface area (Å²) in [5, 5.41) is 9.58. The summed E-state index contributed by atoms with van der Waals surface area (Å²) in [6.07, 6.45) is 1.50.